The van der Waals surface area contributed by atoms with E-state index in [0.29, 0.717) is 0 Å². The highest BCUT2D eigenvalue weighted by Gasteiger charge is 2.62. The predicted octanol–water partition coefficient (Wildman–Crippen LogP) is 2.32. The van der Waals surface area contributed by atoms with Crippen molar-refractivity contribution in [2.75, 3.05) is 26.0 Å². The number of rotatable bonds is 11. The number of hydrogen-bond acceptors (Lipinski definition) is 9. The number of ketones is 1. The quantitative estimate of drug-likeness (QED) is 0.338. The molecule has 1 aromatic rings. The van der Waals surface area contributed by atoms with E-state index < -0.39 is 33.7 Å². The van der Waals surface area contributed by atoms with Crippen LogP contribution in [-0.4, -0.2) is 83.8 Å². The van der Waals surface area contributed by atoms with E-state index in [1.54, 1.807) is 25.7 Å². The van der Waals surface area contributed by atoms with Gasteiger partial charge in [0.05, 0.1) is 30.5 Å². The second kappa shape index (κ2) is 11.9. The SMILES string of the molecule is [B]OC(=O)[C@@]1(SC[C@@H](COC)NC(=O)OC(C)(C)C)CN2C(=O)[C@@H](CC(=O)Cc3ccccc3)[C@H]2S1. The van der Waals surface area contributed by atoms with Gasteiger partial charge in [-0.15, -0.1) is 23.5 Å². The molecule has 0 aliphatic carbocycles. The van der Waals surface area contributed by atoms with Crippen LogP contribution in [-0.2, 0) is 34.9 Å². The molecule has 2 radical (unpaired) electrons. The number of carbonyl (C=O) groups excluding carboxylic acids is 4. The van der Waals surface area contributed by atoms with Crippen LogP contribution >= 0.6 is 23.5 Å². The van der Waals surface area contributed by atoms with Crippen LogP contribution in [0.15, 0.2) is 30.3 Å². The first-order valence-corrected chi connectivity index (χ1v) is 13.4. The molecule has 0 unspecified atom stereocenters. The van der Waals surface area contributed by atoms with E-state index in [1.807, 2.05) is 30.3 Å². The Morgan fingerprint density at radius 2 is 1.97 bits per heavy atom. The molecule has 12 heteroatoms. The van der Waals surface area contributed by atoms with Gasteiger partial charge in [-0.3, -0.25) is 14.4 Å². The lowest BCUT2D eigenvalue weighted by Crippen LogP contribution is -2.57. The second-order valence-electron chi connectivity index (χ2n) is 9.75. The summed E-state index contributed by atoms with van der Waals surface area (Å²) >= 11 is 2.49. The molecule has 2 amide bonds. The number of ether oxygens (including phenoxy) is 2. The van der Waals surface area contributed by atoms with Crippen LogP contribution in [0.1, 0.15) is 32.8 Å². The number of alkyl carbamates (subject to hydrolysis) is 1. The average Bonchev–Trinajstić information content (AvgIpc) is 3.17. The van der Waals surface area contributed by atoms with Crippen molar-refractivity contribution in [2.45, 2.75) is 54.7 Å². The van der Waals surface area contributed by atoms with Gasteiger partial charge in [-0.05, 0) is 26.3 Å². The Balaban J connectivity index is 1.64. The summed E-state index contributed by atoms with van der Waals surface area (Å²) < 4.78 is 13.9. The molecular formula is C24H31BN2O7S2. The summed E-state index contributed by atoms with van der Waals surface area (Å²) in [6.45, 7) is 5.56. The molecule has 2 aliphatic rings. The number of thioether (sulfide) groups is 2. The molecule has 4 atom stereocenters. The summed E-state index contributed by atoms with van der Waals surface area (Å²) in [7, 11) is 6.76. The highest BCUT2D eigenvalue weighted by atomic mass is 32.2. The van der Waals surface area contributed by atoms with E-state index in [1.165, 1.54) is 30.6 Å². The van der Waals surface area contributed by atoms with Crippen LogP contribution in [0, 0.1) is 5.92 Å². The van der Waals surface area contributed by atoms with Crippen molar-refractivity contribution < 1.29 is 33.3 Å². The van der Waals surface area contributed by atoms with Gasteiger partial charge >= 0.3 is 20.1 Å². The molecule has 0 saturated carbocycles. The number of Topliss-reactive ketones (excluding diaryl/α,β-unsaturated/α-hetero) is 1. The topological polar surface area (TPSA) is 111 Å². The molecule has 2 fully saturated rings. The third-order valence-electron chi connectivity index (χ3n) is 5.66. The van der Waals surface area contributed by atoms with Crippen molar-refractivity contribution >= 4 is 55.3 Å². The third-order valence-corrected chi connectivity index (χ3v) is 9.13. The minimum atomic E-state index is -1.19. The maximum absolute atomic E-state index is 12.8. The Kier molecular flexibility index (Phi) is 9.40. The normalized spacial score (nSPS) is 23.9. The maximum atomic E-state index is 12.8. The van der Waals surface area contributed by atoms with E-state index in [0.717, 1.165) is 5.56 Å². The second-order valence-corrected chi connectivity index (χ2v) is 12.7. The summed E-state index contributed by atoms with van der Waals surface area (Å²) in [5, 5.41) is 2.42. The van der Waals surface area contributed by atoms with Crippen LogP contribution in [0.5, 0.6) is 0 Å². The van der Waals surface area contributed by atoms with Crippen molar-refractivity contribution in [2.24, 2.45) is 5.92 Å². The van der Waals surface area contributed by atoms with Crippen LogP contribution in [0.2, 0.25) is 0 Å². The van der Waals surface area contributed by atoms with Crippen molar-refractivity contribution in [3.63, 3.8) is 0 Å². The van der Waals surface area contributed by atoms with Gasteiger partial charge in [0.1, 0.15) is 11.4 Å². The summed E-state index contributed by atoms with van der Waals surface area (Å²) in [6.07, 6.45) is -0.245. The zero-order chi connectivity index (χ0) is 26.5. The zero-order valence-corrected chi connectivity index (χ0v) is 22.5. The molecule has 1 N–H and O–H groups in total. The molecule has 3 rings (SSSR count). The lowest BCUT2D eigenvalue weighted by atomic mass is 9.90. The van der Waals surface area contributed by atoms with E-state index in [9.17, 15) is 19.2 Å². The van der Waals surface area contributed by atoms with Gasteiger partial charge in [0.15, 0.2) is 4.08 Å². The highest BCUT2D eigenvalue weighted by molar-refractivity contribution is 8.20. The molecule has 0 bridgehead atoms. The lowest BCUT2D eigenvalue weighted by Gasteiger charge is -2.41. The standard InChI is InChI=1S/C24H31BN2O7S2/c1-23(2,3)33-22(31)26-16(12-32-4)13-35-24(21(30)34-25)14-27-19(29)18(20(27)36-24)11-17(28)10-15-8-6-5-7-9-15/h5-9,16,18,20H,10-14H2,1-4H3,(H,26,31)/t16-,18-,20-,24-/m1/s1. The van der Waals surface area contributed by atoms with E-state index in [4.69, 9.17) is 17.5 Å². The number of methoxy groups -OCH3 is 1. The number of nitrogens with one attached hydrogen (secondary N) is 1. The first kappa shape index (κ1) is 28.4. The van der Waals surface area contributed by atoms with Gasteiger partial charge in [0.25, 0.3) is 0 Å². The van der Waals surface area contributed by atoms with Crippen molar-refractivity contribution in [1.29, 1.82) is 0 Å². The average molecular weight is 534 g/mol. The minimum absolute atomic E-state index is 0.0342. The predicted molar refractivity (Wildman–Crippen MR) is 138 cm³/mol. The Hall–Kier alpha value is -2.18. The van der Waals surface area contributed by atoms with Crippen molar-refractivity contribution in [1.82, 2.24) is 10.2 Å². The fraction of sp³-hybridized carbons (Fsp3) is 0.583. The molecule has 2 heterocycles. The van der Waals surface area contributed by atoms with Crippen LogP contribution in [0.3, 0.4) is 0 Å². The van der Waals surface area contributed by atoms with Gasteiger partial charge in [-0.1, -0.05) is 30.3 Å². The number of benzene rings is 1. The molecule has 194 valence electrons. The first-order chi connectivity index (χ1) is 17.0. The third kappa shape index (κ3) is 6.98. The molecule has 0 aromatic heterocycles. The molecule has 0 spiro atoms. The first-order valence-electron chi connectivity index (χ1n) is 11.6. The van der Waals surface area contributed by atoms with Crippen LogP contribution in [0.25, 0.3) is 0 Å². The number of nitrogens with zero attached hydrogens (tertiary/aromatic N) is 1. The van der Waals surface area contributed by atoms with Crippen molar-refractivity contribution in [3.05, 3.63) is 35.9 Å². The van der Waals surface area contributed by atoms with E-state index in [-0.39, 0.29) is 48.8 Å². The van der Waals surface area contributed by atoms with Gasteiger partial charge in [0.2, 0.25) is 5.91 Å². The van der Waals surface area contributed by atoms with Gasteiger partial charge < -0.3 is 24.3 Å². The smallest absolute Gasteiger partial charge is 0.407 e. The lowest BCUT2D eigenvalue weighted by molar-refractivity contribution is -0.152. The fourth-order valence-corrected chi connectivity index (χ4v) is 7.33. The molecule has 2 aliphatic heterocycles. The summed E-state index contributed by atoms with van der Waals surface area (Å²) in [5.74, 6) is -1.10. The maximum Gasteiger partial charge on any atom is 0.407 e. The Morgan fingerprint density at radius 3 is 2.58 bits per heavy atom. The van der Waals surface area contributed by atoms with Gasteiger partial charge in [-0.2, -0.15) is 0 Å². The Morgan fingerprint density at radius 1 is 1.28 bits per heavy atom. The highest BCUT2D eigenvalue weighted by Crippen LogP contribution is 2.55. The summed E-state index contributed by atoms with van der Waals surface area (Å²) in [4.78, 5) is 52.1. The Labute approximate surface area is 221 Å². The summed E-state index contributed by atoms with van der Waals surface area (Å²) in [5.41, 5.74) is 0.226. The fourth-order valence-electron chi connectivity index (χ4n) is 4.08. The molecular weight excluding hydrogens is 503 g/mol. The van der Waals surface area contributed by atoms with Crippen LogP contribution < -0.4 is 5.32 Å². The molecule has 36 heavy (non-hydrogen) atoms. The Bertz CT molecular complexity index is 975. The largest absolute Gasteiger partial charge is 0.542 e. The minimum Gasteiger partial charge on any atom is -0.542 e. The van der Waals surface area contributed by atoms with Crippen molar-refractivity contribution in [3.8, 4) is 0 Å². The molecule has 9 nitrogen and oxygen atoms in total. The number of hydrogen-bond donors (Lipinski definition) is 1. The van der Waals surface area contributed by atoms with Gasteiger partial charge in [0, 0.05) is 25.7 Å². The van der Waals surface area contributed by atoms with E-state index in [2.05, 4.69) is 9.97 Å². The number of amides is 2. The van der Waals surface area contributed by atoms with E-state index >= 15 is 0 Å². The number of fused-ring (bicyclic) bond motifs is 1. The zero-order valence-electron chi connectivity index (χ0n) is 20.9. The number of β-lactam (4-membered cyclic amide) rings is 1. The monoisotopic (exact) mass is 534 g/mol. The molecule has 2 saturated heterocycles. The van der Waals surface area contributed by atoms with Crippen LogP contribution in [0.4, 0.5) is 4.79 Å². The molecule has 1 aromatic carbocycles. The number of carbonyl (C=O) groups is 4. The summed E-state index contributed by atoms with van der Waals surface area (Å²) in [6, 6.07) is 8.89. The van der Waals surface area contributed by atoms with Gasteiger partial charge in [-0.25, -0.2) is 4.79 Å².